The molecule has 1 aliphatic heterocycles. The number of amides is 3. The summed E-state index contributed by atoms with van der Waals surface area (Å²) in [6.45, 7) is 4.41. The third-order valence-electron chi connectivity index (χ3n) is 4.88. The summed E-state index contributed by atoms with van der Waals surface area (Å²) in [5.41, 5.74) is 0.604. The molecule has 1 N–H and O–H groups in total. The maximum Gasteiger partial charge on any atom is 0.317 e. The Kier molecular flexibility index (Phi) is 5.56. The van der Waals surface area contributed by atoms with E-state index in [-0.39, 0.29) is 29.7 Å². The summed E-state index contributed by atoms with van der Waals surface area (Å²) >= 11 is 0. The molecule has 1 saturated heterocycles. The molecule has 1 saturated carbocycles. The van der Waals surface area contributed by atoms with Gasteiger partial charge in [0.25, 0.3) is 0 Å². The van der Waals surface area contributed by atoms with E-state index in [2.05, 4.69) is 5.32 Å². The van der Waals surface area contributed by atoms with Crippen molar-refractivity contribution in [1.82, 2.24) is 15.1 Å². The van der Waals surface area contributed by atoms with Gasteiger partial charge in [-0.15, -0.1) is 0 Å². The predicted molar refractivity (Wildman–Crippen MR) is 93.6 cm³/mol. The largest absolute Gasteiger partial charge is 0.341 e. The van der Waals surface area contributed by atoms with Gasteiger partial charge in [-0.3, -0.25) is 4.79 Å². The zero-order valence-electron chi connectivity index (χ0n) is 14.7. The molecule has 0 aromatic heterocycles. The Morgan fingerprint density at radius 2 is 1.84 bits per heavy atom. The van der Waals surface area contributed by atoms with E-state index in [9.17, 15) is 14.0 Å². The van der Waals surface area contributed by atoms with Crippen molar-refractivity contribution in [2.75, 3.05) is 26.2 Å². The number of benzene rings is 1. The molecule has 6 heteroatoms. The van der Waals surface area contributed by atoms with Crippen LogP contribution in [0.15, 0.2) is 24.3 Å². The minimum absolute atomic E-state index is 0.135. The maximum absolute atomic E-state index is 13.7. The average molecular weight is 347 g/mol. The minimum Gasteiger partial charge on any atom is -0.341 e. The van der Waals surface area contributed by atoms with Crippen molar-refractivity contribution in [1.29, 1.82) is 0 Å². The van der Waals surface area contributed by atoms with Crippen molar-refractivity contribution in [3.63, 3.8) is 0 Å². The number of hydrogen-bond donors (Lipinski definition) is 1. The van der Waals surface area contributed by atoms with Crippen LogP contribution in [0.3, 0.4) is 0 Å². The van der Waals surface area contributed by atoms with E-state index in [0.29, 0.717) is 31.6 Å². The highest BCUT2D eigenvalue weighted by Gasteiger charge is 2.34. The Hall–Kier alpha value is -2.11. The van der Waals surface area contributed by atoms with Gasteiger partial charge in [-0.25, -0.2) is 9.18 Å². The van der Waals surface area contributed by atoms with Crippen LogP contribution in [0.1, 0.15) is 31.7 Å². The zero-order valence-corrected chi connectivity index (χ0v) is 14.7. The molecule has 1 heterocycles. The number of urea groups is 1. The summed E-state index contributed by atoms with van der Waals surface area (Å²) in [6, 6.07) is 6.35. The van der Waals surface area contributed by atoms with Crippen LogP contribution in [-0.2, 0) is 11.2 Å². The molecule has 2 aliphatic rings. The molecule has 136 valence electrons. The fourth-order valence-corrected chi connectivity index (χ4v) is 3.28. The van der Waals surface area contributed by atoms with Gasteiger partial charge in [-0.2, -0.15) is 0 Å². The number of hydrogen-bond acceptors (Lipinski definition) is 2. The third kappa shape index (κ3) is 4.71. The Labute approximate surface area is 148 Å². The molecule has 1 aromatic carbocycles. The molecule has 25 heavy (non-hydrogen) atoms. The molecule has 0 bridgehead atoms. The van der Waals surface area contributed by atoms with Gasteiger partial charge in [-0.05, 0) is 44.2 Å². The van der Waals surface area contributed by atoms with Gasteiger partial charge in [0.1, 0.15) is 5.82 Å². The standard InChI is InChI=1S/C19H26FN3O2/c1-14(13-16-5-2-3-6-17(16)20)21-19(25)23-10-4-9-22(11-12-23)18(24)15-7-8-15/h2-3,5-6,14-15H,4,7-13H2,1H3,(H,21,25). The lowest BCUT2D eigenvalue weighted by Gasteiger charge is -2.24. The highest BCUT2D eigenvalue weighted by molar-refractivity contribution is 5.81. The van der Waals surface area contributed by atoms with Crippen molar-refractivity contribution in [3.8, 4) is 0 Å². The van der Waals surface area contributed by atoms with Crippen LogP contribution in [0.5, 0.6) is 0 Å². The van der Waals surface area contributed by atoms with E-state index in [0.717, 1.165) is 25.8 Å². The van der Waals surface area contributed by atoms with Crippen LogP contribution >= 0.6 is 0 Å². The molecule has 1 aromatic rings. The first kappa shape index (κ1) is 17.7. The Morgan fingerprint density at radius 3 is 2.56 bits per heavy atom. The van der Waals surface area contributed by atoms with Crippen LogP contribution in [0.2, 0.25) is 0 Å². The van der Waals surface area contributed by atoms with E-state index >= 15 is 0 Å². The Balaban J connectivity index is 1.49. The van der Waals surface area contributed by atoms with Gasteiger partial charge in [-0.1, -0.05) is 18.2 Å². The smallest absolute Gasteiger partial charge is 0.317 e. The lowest BCUT2D eigenvalue weighted by atomic mass is 10.1. The van der Waals surface area contributed by atoms with Gasteiger partial charge in [0.2, 0.25) is 5.91 Å². The molecule has 3 amide bonds. The first-order valence-corrected chi connectivity index (χ1v) is 9.12. The van der Waals surface area contributed by atoms with E-state index in [1.54, 1.807) is 23.1 Å². The van der Waals surface area contributed by atoms with E-state index < -0.39 is 0 Å². The van der Waals surface area contributed by atoms with Gasteiger partial charge in [0.15, 0.2) is 0 Å². The topological polar surface area (TPSA) is 52.7 Å². The van der Waals surface area contributed by atoms with Gasteiger partial charge in [0.05, 0.1) is 0 Å². The second-order valence-electron chi connectivity index (χ2n) is 7.09. The van der Waals surface area contributed by atoms with Crippen molar-refractivity contribution in [3.05, 3.63) is 35.6 Å². The van der Waals surface area contributed by atoms with Crippen molar-refractivity contribution < 1.29 is 14.0 Å². The van der Waals surface area contributed by atoms with Crippen LogP contribution in [0.25, 0.3) is 0 Å². The Bertz CT molecular complexity index is 633. The summed E-state index contributed by atoms with van der Waals surface area (Å²) < 4.78 is 13.7. The van der Waals surface area contributed by atoms with Crippen molar-refractivity contribution >= 4 is 11.9 Å². The van der Waals surface area contributed by atoms with E-state index in [4.69, 9.17) is 0 Å². The van der Waals surface area contributed by atoms with Crippen LogP contribution in [0, 0.1) is 11.7 Å². The van der Waals surface area contributed by atoms with Gasteiger partial charge in [0, 0.05) is 38.1 Å². The number of carbonyl (C=O) groups is 2. The number of nitrogens with zero attached hydrogens (tertiary/aromatic N) is 2. The highest BCUT2D eigenvalue weighted by Crippen LogP contribution is 2.31. The third-order valence-corrected chi connectivity index (χ3v) is 4.88. The predicted octanol–water partition coefficient (Wildman–Crippen LogP) is 2.41. The van der Waals surface area contributed by atoms with Crippen LogP contribution in [0.4, 0.5) is 9.18 Å². The normalized spacial score (nSPS) is 19.3. The molecular weight excluding hydrogens is 321 g/mol. The summed E-state index contributed by atoms with van der Waals surface area (Å²) in [6.07, 6.45) is 3.27. The number of carbonyl (C=O) groups excluding carboxylic acids is 2. The second kappa shape index (κ2) is 7.85. The van der Waals surface area contributed by atoms with Crippen molar-refractivity contribution in [2.24, 2.45) is 5.92 Å². The number of halogens is 1. The monoisotopic (exact) mass is 347 g/mol. The molecule has 1 aliphatic carbocycles. The zero-order chi connectivity index (χ0) is 17.8. The second-order valence-corrected chi connectivity index (χ2v) is 7.09. The molecule has 1 unspecified atom stereocenters. The quantitative estimate of drug-likeness (QED) is 0.909. The molecular formula is C19H26FN3O2. The molecule has 2 fully saturated rings. The average Bonchev–Trinajstić information content (AvgIpc) is 3.43. The first-order valence-electron chi connectivity index (χ1n) is 9.12. The fraction of sp³-hybridized carbons (Fsp3) is 0.579. The van der Waals surface area contributed by atoms with Crippen LogP contribution < -0.4 is 5.32 Å². The summed E-state index contributed by atoms with van der Waals surface area (Å²) in [4.78, 5) is 28.3. The minimum atomic E-state index is -0.243. The highest BCUT2D eigenvalue weighted by atomic mass is 19.1. The summed E-state index contributed by atoms with van der Waals surface area (Å²) in [7, 11) is 0. The Morgan fingerprint density at radius 1 is 1.16 bits per heavy atom. The number of nitrogens with one attached hydrogen (secondary N) is 1. The molecule has 5 nitrogen and oxygen atoms in total. The molecule has 0 radical (unpaired) electrons. The molecule has 3 rings (SSSR count). The summed E-state index contributed by atoms with van der Waals surface area (Å²) in [5.74, 6) is 0.226. The number of rotatable bonds is 4. The van der Waals surface area contributed by atoms with Gasteiger partial charge >= 0.3 is 6.03 Å². The fourth-order valence-electron chi connectivity index (χ4n) is 3.28. The molecule has 0 spiro atoms. The van der Waals surface area contributed by atoms with E-state index in [1.165, 1.54) is 6.07 Å². The first-order chi connectivity index (χ1) is 12.0. The SMILES string of the molecule is CC(Cc1ccccc1F)NC(=O)N1CCCN(C(=O)C2CC2)CC1. The van der Waals surface area contributed by atoms with Crippen molar-refractivity contribution in [2.45, 2.75) is 38.6 Å². The summed E-state index contributed by atoms with van der Waals surface area (Å²) in [5, 5.41) is 2.95. The van der Waals surface area contributed by atoms with E-state index in [1.807, 2.05) is 11.8 Å². The molecule has 1 atom stereocenters. The van der Waals surface area contributed by atoms with Crippen LogP contribution in [-0.4, -0.2) is 54.0 Å². The maximum atomic E-state index is 13.7. The lowest BCUT2D eigenvalue weighted by molar-refractivity contribution is -0.132. The lowest BCUT2D eigenvalue weighted by Crippen LogP contribution is -2.46. The van der Waals surface area contributed by atoms with Gasteiger partial charge < -0.3 is 15.1 Å².